The molecule has 1 aliphatic heterocycles. The zero-order valence-corrected chi connectivity index (χ0v) is 15.7. The molecule has 1 unspecified atom stereocenters. The highest BCUT2D eigenvalue weighted by Gasteiger charge is 2.50. The van der Waals surface area contributed by atoms with E-state index in [0.29, 0.717) is 12.2 Å². The van der Waals surface area contributed by atoms with Crippen molar-refractivity contribution in [1.29, 1.82) is 0 Å². The first-order valence-corrected chi connectivity index (χ1v) is 9.59. The first-order chi connectivity index (χ1) is 12.8. The summed E-state index contributed by atoms with van der Waals surface area (Å²) >= 11 is 0. The molecule has 0 amide bonds. The van der Waals surface area contributed by atoms with Gasteiger partial charge in [-0.2, -0.15) is 0 Å². The quantitative estimate of drug-likeness (QED) is 0.816. The molecule has 1 fully saturated rings. The van der Waals surface area contributed by atoms with Crippen LogP contribution in [0.15, 0.2) is 60.7 Å². The topological polar surface area (TPSA) is 38.3 Å². The first kappa shape index (κ1) is 18.2. The van der Waals surface area contributed by atoms with Crippen molar-refractivity contribution in [1.82, 2.24) is 5.32 Å². The molecule has 1 aliphatic carbocycles. The van der Waals surface area contributed by atoms with Gasteiger partial charge < -0.3 is 10.1 Å². The van der Waals surface area contributed by atoms with Gasteiger partial charge in [-0.1, -0.05) is 81.4 Å². The molecule has 1 N–H and O–H groups in total. The average molecular weight is 349 g/mol. The minimum absolute atomic E-state index is 0.115. The van der Waals surface area contributed by atoms with E-state index < -0.39 is 0 Å². The Kier molecular flexibility index (Phi) is 5.77. The number of nitrogens with one attached hydrogen (secondary N) is 1. The third-order valence-corrected chi connectivity index (χ3v) is 4.85. The number of ether oxygens (including phenoxy) is 1. The molecular formula is C23H27NO2. The van der Waals surface area contributed by atoms with Crippen molar-refractivity contribution in [3.63, 3.8) is 0 Å². The summed E-state index contributed by atoms with van der Waals surface area (Å²) in [7, 11) is 0. The van der Waals surface area contributed by atoms with Gasteiger partial charge in [-0.15, -0.1) is 0 Å². The molecule has 1 heterocycles. The molecular weight excluding hydrogens is 322 g/mol. The van der Waals surface area contributed by atoms with Crippen molar-refractivity contribution in [3.05, 3.63) is 71.8 Å². The van der Waals surface area contributed by atoms with Crippen molar-refractivity contribution in [2.45, 2.75) is 39.8 Å². The van der Waals surface area contributed by atoms with E-state index in [1.165, 1.54) is 0 Å². The van der Waals surface area contributed by atoms with Gasteiger partial charge in [0, 0.05) is 29.4 Å². The molecule has 26 heavy (non-hydrogen) atoms. The maximum Gasteiger partial charge on any atom is 0.173 e. The minimum atomic E-state index is -0.115. The van der Waals surface area contributed by atoms with Crippen LogP contribution in [0.1, 0.15) is 44.7 Å². The van der Waals surface area contributed by atoms with Gasteiger partial charge in [0.15, 0.2) is 12.0 Å². The summed E-state index contributed by atoms with van der Waals surface area (Å²) in [6.07, 6.45) is 1.42. The van der Waals surface area contributed by atoms with Crippen molar-refractivity contribution in [2.75, 3.05) is 0 Å². The number of Topliss-reactive ketones (excluding diaryl/α,β-unsaturated/α-hetero) is 1. The summed E-state index contributed by atoms with van der Waals surface area (Å²) in [5.41, 5.74) is 3.18. The van der Waals surface area contributed by atoms with Crippen LogP contribution in [-0.4, -0.2) is 12.0 Å². The number of rotatable bonds is 5. The Hall–Kier alpha value is -2.55. The van der Waals surface area contributed by atoms with E-state index >= 15 is 0 Å². The first-order valence-electron chi connectivity index (χ1n) is 9.59. The Morgan fingerprint density at radius 3 is 2.15 bits per heavy atom. The van der Waals surface area contributed by atoms with E-state index in [4.69, 9.17) is 4.74 Å². The zero-order chi connectivity index (χ0) is 18.5. The second-order valence-electron chi connectivity index (χ2n) is 6.44. The summed E-state index contributed by atoms with van der Waals surface area (Å²) in [6, 6.07) is 20.4. The molecule has 136 valence electrons. The molecule has 0 spiro atoms. The maximum absolute atomic E-state index is 11.9. The van der Waals surface area contributed by atoms with Gasteiger partial charge in [-0.3, -0.25) is 4.79 Å². The molecule has 3 nitrogen and oxygen atoms in total. The molecule has 3 heteroatoms. The molecule has 0 aromatic heterocycles. The molecule has 4 rings (SSSR count). The molecule has 2 aromatic rings. The highest BCUT2D eigenvalue weighted by molar-refractivity contribution is 5.89. The number of benzene rings is 2. The van der Waals surface area contributed by atoms with E-state index in [0.717, 1.165) is 29.0 Å². The van der Waals surface area contributed by atoms with Crippen LogP contribution in [-0.2, 0) is 9.53 Å². The number of hydrogen-bond acceptors (Lipinski definition) is 3. The van der Waals surface area contributed by atoms with Crippen molar-refractivity contribution in [3.8, 4) is 0 Å². The van der Waals surface area contributed by atoms with Gasteiger partial charge >= 0.3 is 0 Å². The van der Waals surface area contributed by atoms with E-state index in [9.17, 15) is 4.79 Å². The van der Waals surface area contributed by atoms with Crippen LogP contribution < -0.4 is 5.32 Å². The fraction of sp³-hybridized carbons (Fsp3) is 0.348. The SMILES string of the molecule is CC.CCC(=O)[C@H]1C[C@@H]1C1NC(c2ccccc2)=C(c2ccccc2)O1. The van der Waals surface area contributed by atoms with E-state index in [1.807, 2.05) is 57.2 Å². The molecule has 1 saturated carbocycles. The van der Waals surface area contributed by atoms with Crippen LogP contribution in [0, 0.1) is 11.8 Å². The van der Waals surface area contributed by atoms with Crippen molar-refractivity contribution >= 4 is 17.2 Å². The van der Waals surface area contributed by atoms with Crippen LogP contribution in [0.25, 0.3) is 11.5 Å². The van der Waals surface area contributed by atoms with Crippen LogP contribution in [0.4, 0.5) is 0 Å². The third kappa shape index (κ3) is 3.67. The lowest BCUT2D eigenvalue weighted by atomic mass is 10.1. The second-order valence-corrected chi connectivity index (χ2v) is 6.44. The zero-order valence-electron chi connectivity index (χ0n) is 15.7. The largest absolute Gasteiger partial charge is 0.468 e. The average Bonchev–Trinajstić information content (AvgIpc) is 3.41. The summed E-state index contributed by atoms with van der Waals surface area (Å²) in [5.74, 6) is 1.65. The lowest BCUT2D eigenvalue weighted by molar-refractivity contribution is -0.120. The standard InChI is InChI=1S/C21H21NO2.C2H6/c1-2-18(23)16-13-17(16)21-22-19(14-9-5-3-6-10-14)20(24-21)15-11-7-4-8-12-15;1-2/h3-12,16-17,21-22H,2,13H2,1H3;1-2H3/t16-,17-,21?;/m0./s1. The second kappa shape index (κ2) is 8.22. The summed E-state index contributed by atoms with van der Waals surface area (Å²) in [6.45, 7) is 5.93. The highest BCUT2D eigenvalue weighted by Crippen LogP contribution is 2.47. The van der Waals surface area contributed by atoms with Crippen molar-refractivity contribution in [2.24, 2.45) is 11.8 Å². The fourth-order valence-corrected chi connectivity index (χ4v) is 3.42. The number of carbonyl (C=O) groups is 1. The Morgan fingerprint density at radius 2 is 1.58 bits per heavy atom. The minimum Gasteiger partial charge on any atom is -0.468 e. The Bertz CT molecular complexity index is 716. The molecule has 0 radical (unpaired) electrons. The molecule has 2 aromatic carbocycles. The molecule has 0 bridgehead atoms. The van der Waals surface area contributed by atoms with Gasteiger partial charge in [0.05, 0.1) is 5.70 Å². The van der Waals surface area contributed by atoms with Gasteiger partial charge in [0.25, 0.3) is 0 Å². The molecule has 2 aliphatic rings. The lowest BCUT2D eigenvalue weighted by Crippen LogP contribution is -2.27. The predicted octanol–water partition coefficient (Wildman–Crippen LogP) is 5.10. The number of hydrogen-bond donors (Lipinski definition) is 1. The molecule has 0 saturated heterocycles. The third-order valence-electron chi connectivity index (χ3n) is 4.85. The van der Waals surface area contributed by atoms with E-state index in [2.05, 4.69) is 29.6 Å². The number of carbonyl (C=O) groups excluding carboxylic acids is 1. The van der Waals surface area contributed by atoms with Crippen LogP contribution in [0.3, 0.4) is 0 Å². The Balaban J connectivity index is 0.000000948. The molecule has 3 atom stereocenters. The van der Waals surface area contributed by atoms with Gasteiger partial charge in [0.1, 0.15) is 5.78 Å². The van der Waals surface area contributed by atoms with Crippen LogP contribution in [0.2, 0.25) is 0 Å². The Morgan fingerprint density at radius 1 is 1.00 bits per heavy atom. The predicted molar refractivity (Wildman–Crippen MR) is 106 cm³/mol. The fourth-order valence-electron chi connectivity index (χ4n) is 3.42. The van der Waals surface area contributed by atoms with Gasteiger partial charge in [0.2, 0.25) is 0 Å². The summed E-state index contributed by atoms with van der Waals surface area (Å²) in [4.78, 5) is 11.9. The smallest absolute Gasteiger partial charge is 0.173 e. The highest BCUT2D eigenvalue weighted by atomic mass is 16.5. The lowest BCUT2D eigenvalue weighted by Gasteiger charge is -2.13. The van der Waals surface area contributed by atoms with E-state index in [-0.39, 0.29) is 18.1 Å². The summed E-state index contributed by atoms with van der Waals surface area (Å²) in [5, 5.41) is 3.53. The summed E-state index contributed by atoms with van der Waals surface area (Å²) < 4.78 is 6.28. The van der Waals surface area contributed by atoms with E-state index in [1.54, 1.807) is 0 Å². The van der Waals surface area contributed by atoms with Gasteiger partial charge in [-0.05, 0) is 6.42 Å². The van der Waals surface area contributed by atoms with Gasteiger partial charge in [-0.25, -0.2) is 0 Å². The number of ketones is 1. The maximum atomic E-state index is 11.9. The monoisotopic (exact) mass is 349 g/mol. The van der Waals surface area contributed by atoms with Crippen LogP contribution >= 0.6 is 0 Å². The van der Waals surface area contributed by atoms with Crippen LogP contribution in [0.5, 0.6) is 0 Å². The van der Waals surface area contributed by atoms with Crippen molar-refractivity contribution < 1.29 is 9.53 Å². The Labute approximate surface area is 156 Å². The normalized spacial score (nSPS) is 23.4.